The number of fused-ring (bicyclic) bond motifs is 2. The molecule has 0 fully saturated rings. The number of nitrogens with one attached hydrogen (secondary N) is 1. The molecule has 0 spiro atoms. The van der Waals surface area contributed by atoms with Crippen LogP contribution in [-0.2, 0) is 5.66 Å². The molecule has 1 unspecified atom stereocenters. The summed E-state index contributed by atoms with van der Waals surface area (Å²) in [5.41, 5.74) is 7.94. The van der Waals surface area contributed by atoms with Crippen molar-refractivity contribution in [3.63, 3.8) is 0 Å². The second-order valence-electron chi connectivity index (χ2n) is 6.44. The maximum absolute atomic E-state index is 6.16. The number of hydrogen-bond acceptors (Lipinski definition) is 4. The lowest BCUT2D eigenvalue weighted by Crippen LogP contribution is -2.55. The zero-order valence-corrected chi connectivity index (χ0v) is 15.7. The molecular weight excluding hydrogens is 376 g/mol. The van der Waals surface area contributed by atoms with Crippen LogP contribution < -0.4 is 16.0 Å². The van der Waals surface area contributed by atoms with Crippen LogP contribution in [0.3, 0.4) is 0 Å². The molecule has 3 N–H and O–H groups in total. The molecule has 4 nitrogen and oxygen atoms in total. The summed E-state index contributed by atoms with van der Waals surface area (Å²) in [5.74, 6) is 1.51. The third-order valence-corrected chi connectivity index (χ3v) is 5.48. The Morgan fingerprint density at radius 1 is 1.12 bits per heavy atom. The van der Waals surface area contributed by atoms with Crippen LogP contribution in [-0.4, -0.2) is 12.0 Å². The van der Waals surface area contributed by atoms with Gasteiger partial charge < -0.3 is 16.0 Å². The van der Waals surface area contributed by atoms with Crippen molar-refractivity contribution in [2.24, 2.45) is 5.73 Å². The molecule has 126 valence electrons. The van der Waals surface area contributed by atoms with E-state index in [4.69, 9.17) is 10.7 Å². The minimum Gasteiger partial charge on any atom is -0.385 e. The first-order chi connectivity index (χ1) is 12.0. The normalized spacial score (nSPS) is 19.1. The van der Waals surface area contributed by atoms with E-state index >= 15 is 0 Å². The third-order valence-electron chi connectivity index (χ3n) is 4.88. The number of nitrogens with zero attached hydrogens (tertiary/aromatic N) is 2. The quantitative estimate of drug-likeness (QED) is 0.640. The fraction of sp³-hybridized carbons (Fsp3) is 0.150. The van der Waals surface area contributed by atoms with E-state index in [0.29, 0.717) is 5.82 Å². The van der Waals surface area contributed by atoms with Gasteiger partial charge in [0.15, 0.2) is 0 Å². The number of halogens is 1. The third kappa shape index (κ3) is 2.55. The number of aromatic nitrogens is 1. The van der Waals surface area contributed by atoms with E-state index in [1.807, 2.05) is 37.4 Å². The monoisotopic (exact) mass is 394 g/mol. The molecular formula is C20H19BrN4. The molecule has 1 atom stereocenters. The Morgan fingerprint density at radius 3 is 2.68 bits per heavy atom. The maximum atomic E-state index is 6.16. The van der Waals surface area contributed by atoms with Gasteiger partial charge >= 0.3 is 0 Å². The molecule has 0 saturated heterocycles. The molecule has 0 radical (unpaired) electrons. The van der Waals surface area contributed by atoms with E-state index in [1.165, 1.54) is 0 Å². The predicted molar refractivity (Wildman–Crippen MR) is 107 cm³/mol. The van der Waals surface area contributed by atoms with Crippen molar-refractivity contribution in [3.05, 3.63) is 76.1 Å². The Bertz CT molecular complexity index is 998. The highest BCUT2D eigenvalue weighted by atomic mass is 79.9. The van der Waals surface area contributed by atoms with Crippen LogP contribution in [0.4, 0.5) is 5.82 Å². The number of pyridine rings is 1. The zero-order chi connectivity index (χ0) is 17.6. The van der Waals surface area contributed by atoms with Gasteiger partial charge in [-0.3, -0.25) is 0 Å². The van der Waals surface area contributed by atoms with Crippen molar-refractivity contribution in [2.45, 2.75) is 12.6 Å². The fourth-order valence-corrected chi connectivity index (χ4v) is 3.97. The average molecular weight is 395 g/mol. The Balaban J connectivity index is 1.86. The number of benzene rings is 2. The van der Waals surface area contributed by atoms with Gasteiger partial charge in [0, 0.05) is 18.0 Å². The predicted octanol–water partition coefficient (Wildman–Crippen LogP) is 4.17. The molecule has 3 aromatic rings. The van der Waals surface area contributed by atoms with Crippen molar-refractivity contribution in [2.75, 3.05) is 11.9 Å². The second kappa shape index (κ2) is 5.77. The van der Waals surface area contributed by atoms with Crippen LogP contribution in [0.25, 0.3) is 16.8 Å². The van der Waals surface area contributed by atoms with Gasteiger partial charge in [0.05, 0.1) is 5.82 Å². The molecule has 2 heterocycles. The first-order valence-corrected chi connectivity index (χ1v) is 8.92. The Hall–Kier alpha value is -2.53. The van der Waals surface area contributed by atoms with Gasteiger partial charge in [0.1, 0.15) is 16.1 Å². The van der Waals surface area contributed by atoms with Gasteiger partial charge in [-0.1, -0.05) is 48.5 Å². The maximum Gasteiger partial charge on any atom is 0.136 e. The van der Waals surface area contributed by atoms with Crippen LogP contribution in [0.15, 0.2) is 65.0 Å². The Kier molecular flexibility index (Phi) is 3.69. The van der Waals surface area contributed by atoms with Crippen molar-refractivity contribution in [3.8, 4) is 0 Å². The topological polar surface area (TPSA) is 54.2 Å². The lowest BCUT2D eigenvalue weighted by molar-refractivity contribution is 0.388. The highest BCUT2D eigenvalue weighted by molar-refractivity contribution is 9.10. The molecule has 5 heteroatoms. The molecule has 1 aliphatic heterocycles. The van der Waals surface area contributed by atoms with Crippen LogP contribution in [0.1, 0.15) is 18.1 Å². The van der Waals surface area contributed by atoms with Gasteiger partial charge in [-0.15, -0.1) is 0 Å². The standard InChI is InChI=1S/C20H19BrN4/c1-20(16-10-6-4-8-14(16)11-17(22)24-20)25(2)18-12-13-7-3-5-9-15(13)19(21)23-18/h3-12,24H,22H2,1-2H3. The lowest BCUT2D eigenvalue weighted by Gasteiger charge is -2.44. The van der Waals surface area contributed by atoms with E-state index in [2.05, 4.69) is 63.4 Å². The second-order valence-corrected chi connectivity index (χ2v) is 7.19. The van der Waals surface area contributed by atoms with E-state index in [9.17, 15) is 0 Å². The molecule has 0 saturated carbocycles. The SMILES string of the molecule is CN(c1cc2ccccc2c(Br)n1)C1(C)NC(N)=Cc2ccccc21. The largest absolute Gasteiger partial charge is 0.385 e. The number of hydrogen-bond donors (Lipinski definition) is 2. The number of anilines is 1. The van der Waals surface area contributed by atoms with Crippen molar-refractivity contribution in [1.82, 2.24) is 10.3 Å². The van der Waals surface area contributed by atoms with Gasteiger partial charge in [0.2, 0.25) is 0 Å². The van der Waals surface area contributed by atoms with Crippen LogP contribution in [0.5, 0.6) is 0 Å². The summed E-state index contributed by atoms with van der Waals surface area (Å²) in [6, 6.07) is 18.6. The first kappa shape index (κ1) is 16.0. The average Bonchev–Trinajstić information content (AvgIpc) is 2.61. The van der Waals surface area contributed by atoms with Gasteiger partial charge in [-0.05, 0) is 45.9 Å². The van der Waals surface area contributed by atoms with Crippen molar-refractivity contribution in [1.29, 1.82) is 0 Å². The Labute approximate surface area is 155 Å². The van der Waals surface area contributed by atoms with Crippen LogP contribution in [0, 0.1) is 0 Å². The summed E-state index contributed by atoms with van der Waals surface area (Å²) in [4.78, 5) is 6.89. The van der Waals surface area contributed by atoms with Crippen LogP contribution in [0.2, 0.25) is 0 Å². The summed E-state index contributed by atoms with van der Waals surface area (Å²) in [6.07, 6.45) is 1.97. The molecule has 2 aromatic carbocycles. The van der Waals surface area contributed by atoms with E-state index in [0.717, 1.165) is 32.3 Å². The molecule has 0 amide bonds. The molecule has 1 aromatic heterocycles. The van der Waals surface area contributed by atoms with E-state index in [-0.39, 0.29) is 0 Å². The lowest BCUT2D eigenvalue weighted by atomic mass is 9.91. The summed E-state index contributed by atoms with van der Waals surface area (Å²) >= 11 is 3.61. The highest BCUT2D eigenvalue weighted by Gasteiger charge is 2.36. The minimum atomic E-state index is -0.496. The zero-order valence-electron chi connectivity index (χ0n) is 14.1. The van der Waals surface area contributed by atoms with Crippen molar-refractivity contribution >= 4 is 38.6 Å². The number of rotatable bonds is 2. The minimum absolute atomic E-state index is 0.496. The Morgan fingerprint density at radius 2 is 1.84 bits per heavy atom. The van der Waals surface area contributed by atoms with Gasteiger partial charge in [-0.25, -0.2) is 4.98 Å². The van der Waals surface area contributed by atoms with E-state index < -0.39 is 5.66 Å². The van der Waals surface area contributed by atoms with Gasteiger partial charge in [-0.2, -0.15) is 0 Å². The van der Waals surface area contributed by atoms with Crippen LogP contribution >= 0.6 is 15.9 Å². The molecule has 0 bridgehead atoms. The molecule has 1 aliphatic rings. The molecule has 4 rings (SSSR count). The highest BCUT2D eigenvalue weighted by Crippen LogP contribution is 2.36. The van der Waals surface area contributed by atoms with E-state index in [1.54, 1.807) is 0 Å². The summed E-state index contributed by atoms with van der Waals surface area (Å²) in [7, 11) is 2.03. The van der Waals surface area contributed by atoms with Gasteiger partial charge in [0.25, 0.3) is 0 Å². The number of nitrogens with two attached hydrogens (primary N) is 1. The summed E-state index contributed by atoms with van der Waals surface area (Å²) < 4.78 is 0.837. The molecule has 0 aliphatic carbocycles. The summed E-state index contributed by atoms with van der Waals surface area (Å²) in [5, 5.41) is 5.66. The molecule has 25 heavy (non-hydrogen) atoms. The smallest absolute Gasteiger partial charge is 0.136 e. The fourth-order valence-electron chi connectivity index (χ4n) is 3.43. The van der Waals surface area contributed by atoms with Crippen molar-refractivity contribution < 1.29 is 0 Å². The first-order valence-electron chi connectivity index (χ1n) is 8.13. The summed E-state index contributed by atoms with van der Waals surface area (Å²) in [6.45, 7) is 2.12.